The summed E-state index contributed by atoms with van der Waals surface area (Å²) in [6, 6.07) is 13.1. The molecule has 2 amide bonds. The molecule has 7 heteroatoms. The molecule has 2 aromatic carbocycles. The summed E-state index contributed by atoms with van der Waals surface area (Å²) >= 11 is 0. The second-order valence-electron chi connectivity index (χ2n) is 6.79. The summed E-state index contributed by atoms with van der Waals surface area (Å²) in [5.41, 5.74) is 0.854. The van der Waals surface area contributed by atoms with Crippen molar-refractivity contribution >= 4 is 17.5 Å². The van der Waals surface area contributed by atoms with E-state index in [0.717, 1.165) is 31.5 Å². The Morgan fingerprint density at radius 1 is 1.00 bits per heavy atom. The summed E-state index contributed by atoms with van der Waals surface area (Å²) in [4.78, 5) is 25.4. The number of nitrogens with one attached hydrogen (secondary N) is 1. The van der Waals surface area contributed by atoms with Crippen LogP contribution in [0.15, 0.2) is 48.5 Å². The monoisotopic (exact) mass is 400 g/mol. The number of carbonyl (C=O) groups is 2. The molecule has 0 atom stereocenters. The summed E-state index contributed by atoms with van der Waals surface area (Å²) < 4.78 is 23.8. The zero-order valence-electron chi connectivity index (χ0n) is 16.2. The number of hydrogen-bond acceptors (Lipinski definition) is 4. The van der Waals surface area contributed by atoms with E-state index in [-0.39, 0.29) is 24.2 Å². The van der Waals surface area contributed by atoms with Gasteiger partial charge in [-0.15, -0.1) is 0 Å². The fourth-order valence-corrected chi connectivity index (χ4v) is 3.02. The van der Waals surface area contributed by atoms with E-state index in [0.29, 0.717) is 31.1 Å². The first-order chi connectivity index (χ1) is 14.1. The van der Waals surface area contributed by atoms with Crippen molar-refractivity contribution in [2.45, 2.75) is 25.7 Å². The van der Waals surface area contributed by atoms with Gasteiger partial charge in [-0.2, -0.15) is 0 Å². The van der Waals surface area contributed by atoms with Crippen LogP contribution in [0.25, 0.3) is 0 Å². The van der Waals surface area contributed by atoms with Crippen LogP contribution in [0, 0.1) is 5.82 Å². The van der Waals surface area contributed by atoms with Gasteiger partial charge in [-0.1, -0.05) is 0 Å². The van der Waals surface area contributed by atoms with Crippen LogP contribution >= 0.6 is 0 Å². The number of benzene rings is 2. The highest BCUT2D eigenvalue weighted by atomic mass is 19.1. The molecule has 1 N–H and O–H groups in total. The Morgan fingerprint density at radius 2 is 1.69 bits per heavy atom. The Hall–Kier alpha value is -3.09. The third kappa shape index (κ3) is 6.48. The molecule has 2 aromatic rings. The molecule has 0 saturated carbocycles. The van der Waals surface area contributed by atoms with Gasteiger partial charge in [-0.05, 0) is 67.8 Å². The highest BCUT2D eigenvalue weighted by Crippen LogP contribution is 2.23. The number of nitrogens with zero attached hydrogens (tertiary/aromatic N) is 1. The van der Waals surface area contributed by atoms with Gasteiger partial charge in [0.15, 0.2) is 6.61 Å². The summed E-state index contributed by atoms with van der Waals surface area (Å²) in [6.07, 6.45) is 3.02. The van der Waals surface area contributed by atoms with E-state index in [9.17, 15) is 14.0 Å². The predicted molar refractivity (Wildman–Crippen MR) is 108 cm³/mol. The van der Waals surface area contributed by atoms with Crippen LogP contribution in [0.3, 0.4) is 0 Å². The lowest BCUT2D eigenvalue weighted by molar-refractivity contribution is -0.123. The van der Waals surface area contributed by atoms with Crippen molar-refractivity contribution in [3.8, 4) is 11.5 Å². The van der Waals surface area contributed by atoms with Gasteiger partial charge < -0.3 is 19.7 Å². The average molecular weight is 400 g/mol. The molecule has 1 aliphatic rings. The maximum absolute atomic E-state index is 12.8. The third-order valence-electron chi connectivity index (χ3n) is 4.57. The molecule has 0 unspecified atom stereocenters. The molecule has 3 rings (SSSR count). The first-order valence-electron chi connectivity index (χ1n) is 9.80. The van der Waals surface area contributed by atoms with Gasteiger partial charge in [-0.25, -0.2) is 4.39 Å². The van der Waals surface area contributed by atoms with Gasteiger partial charge in [0, 0.05) is 25.2 Å². The first kappa shape index (κ1) is 20.6. The lowest BCUT2D eigenvalue weighted by Gasteiger charge is -2.16. The summed E-state index contributed by atoms with van der Waals surface area (Å²) in [5, 5.41) is 2.80. The molecule has 0 spiro atoms. The molecule has 29 heavy (non-hydrogen) atoms. The number of halogens is 1. The molecular formula is C22H25FN2O4. The first-order valence-corrected chi connectivity index (χ1v) is 9.80. The van der Waals surface area contributed by atoms with Crippen molar-refractivity contribution < 1.29 is 23.5 Å². The van der Waals surface area contributed by atoms with Crippen LogP contribution in [-0.2, 0) is 9.59 Å². The van der Waals surface area contributed by atoms with Gasteiger partial charge in [0.25, 0.3) is 5.91 Å². The smallest absolute Gasteiger partial charge is 0.257 e. The maximum atomic E-state index is 12.8. The zero-order chi connectivity index (χ0) is 20.5. The molecular weight excluding hydrogens is 375 g/mol. The van der Waals surface area contributed by atoms with E-state index < -0.39 is 0 Å². The minimum Gasteiger partial charge on any atom is -0.494 e. The van der Waals surface area contributed by atoms with Crippen LogP contribution in [0.4, 0.5) is 10.1 Å². The number of hydrogen-bond donors (Lipinski definition) is 1. The average Bonchev–Trinajstić information content (AvgIpc) is 3.16. The van der Waals surface area contributed by atoms with Gasteiger partial charge in [0.05, 0.1) is 6.61 Å². The van der Waals surface area contributed by atoms with Gasteiger partial charge in [-0.3, -0.25) is 9.59 Å². The molecule has 6 nitrogen and oxygen atoms in total. The molecule has 0 radical (unpaired) electrons. The number of carbonyl (C=O) groups excluding carboxylic acids is 2. The van der Waals surface area contributed by atoms with Crippen molar-refractivity contribution in [2.24, 2.45) is 0 Å². The highest BCUT2D eigenvalue weighted by Gasteiger charge is 2.21. The van der Waals surface area contributed by atoms with Crippen molar-refractivity contribution in [3.63, 3.8) is 0 Å². The van der Waals surface area contributed by atoms with Crippen LogP contribution in [0.1, 0.15) is 25.7 Å². The minimum absolute atomic E-state index is 0.0614. The van der Waals surface area contributed by atoms with Gasteiger partial charge in [0.1, 0.15) is 17.3 Å². The molecule has 1 saturated heterocycles. The quantitative estimate of drug-likeness (QED) is 0.622. The molecule has 0 aliphatic carbocycles. The van der Waals surface area contributed by atoms with E-state index in [4.69, 9.17) is 9.47 Å². The Labute approximate surface area is 169 Å². The second-order valence-corrected chi connectivity index (χ2v) is 6.79. The molecule has 0 aromatic heterocycles. The Kier molecular flexibility index (Phi) is 7.44. The minimum atomic E-state index is -0.292. The summed E-state index contributed by atoms with van der Waals surface area (Å²) in [6.45, 7) is 1.72. The number of anilines is 1. The molecule has 154 valence electrons. The molecule has 1 heterocycles. The van der Waals surface area contributed by atoms with E-state index in [1.54, 1.807) is 29.2 Å². The summed E-state index contributed by atoms with van der Waals surface area (Å²) in [7, 11) is 0. The number of unbranched alkanes of at least 4 members (excludes halogenated alkanes) is 1. The fourth-order valence-electron chi connectivity index (χ4n) is 3.02. The lowest BCUT2D eigenvalue weighted by Crippen LogP contribution is -2.29. The summed E-state index contributed by atoms with van der Waals surface area (Å²) in [5.74, 6) is 0.872. The normalized spacial score (nSPS) is 13.4. The molecule has 1 aliphatic heterocycles. The zero-order valence-corrected chi connectivity index (χ0v) is 16.2. The topological polar surface area (TPSA) is 67.9 Å². The standard InChI is InChI=1S/C22H25FN2O4/c23-17-5-9-19(10-6-17)28-15-2-1-13-24-21(26)16-29-20-11-7-18(8-12-20)25-14-3-4-22(25)27/h5-12H,1-4,13-16H2,(H,24,26). The fraction of sp³-hybridized carbons (Fsp3) is 0.364. The van der Waals surface area contributed by atoms with E-state index in [1.807, 2.05) is 12.1 Å². The SMILES string of the molecule is O=C(COc1ccc(N2CCCC2=O)cc1)NCCCCOc1ccc(F)cc1. The van der Waals surface area contributed by atoms with E-state index in [1.165, 1.54) is 12.1 Å². The van der Waals surface area contributed by atoms with Crippen LogP contribution in [-0.4, -0.2) is 38.1 Å². The molecule has 1 fully saturated rings. The number of rotatable bonds is 10. The Balaban J connectivity index is 1.27. The van der Waals surface area contributed by atoms with Crippen LogP contribution in [0.2, 0.25) is 0 Å². The van der Waals surface area contributed by atoms with E-state index in [2.05, 4.69) is 5.32 Å². The Morgan fingerprint density at radius 3 is 2.38 bits per heavy atom. The van der Waals surface area contributed by atoms with Crippen molar-refractivity contribution in [1.29, 1.82) is 0 Å². The van der Waals surface area contributed by atoms with Crippen LogP contribution in [0.5, 0.6) is 11.5 Å². The van der Waals surface area contributed by atoms with Crippen molar-refractivity contribution in [3.05, 3.63) is 54.3 Å². The van der Waals surface area contributed by atoms with Gasteiger partial charge >= 0.3 is 0 Å². The Bertz CT molecular complexity index is 809. The lowest BCUT2D eigenvalue weighted by atomic mass is 10.3. The van der Waals surface area contributed by atoms with E-state index >= 15 is 0 Å². The number of ether oxygens (including phenoxy) is 2. The van der Waals surface area contributed by atoms with Crippen LogP contribution < -0.4 is 19.7 Å². The van der Waals surface area contributed by atoms with Gasteiger partial charge in [0.2, 0.25) is 5.91 Å². The predicted octanol–water partition coefficient (Wildman–Crippen LogP) is 3.31. The largest absolute Gasteiger partial charge is 0.494 e. The third-order valence-corrected chi connectivity index (χ3v) is 4.57. The molecule has 0 bridgehead atoms. The number of amides is 2. The highest BCUT2D eigenvalue weighted by molar-refractivity contribution is 5.95. The second kappa shape index (κ2) is 10.5. The van der Waals surface area contributed by atoms with Crippen molar-refractivity contribution in [2.75, 3.05) is 31.2 Å². The maximum Gasteiger partial charge on any atom is 0.257 e. The van der Waals surface area contributed by atoms with Crippen molar-refractivity contribution in [1.82, 2.24) is 5.32 Å².